The maximum Gasteiger partial charge on any atom is 0.231 e. The third-order valence-electron chi connectivity index (χ3n) is 4.30. The minimum Gasteiger partial charge on any atom is -0.481 e. The molecule has 0 radical (unpaired) electrons. The van der Waals surface area contributed by atoms with Crippen molar-refractivity contribution in [3.63, 3.8) is 0 Å². The number of nitrogens with zero attached hydrogens (tertiary/aromatic N) is 1. The summed E-state index contributed by atoms with van der Waals surface area (Å²) in [5, 5.41) is 9.74. The fourth-order valence-corrected chi connectivity index (χ4v) is 3.54. The van der Waals surface area contributed by atoms with E-state index in [1.54, 1.807) is 18.2 Å². The Morgan fingerprint density at radius 3 is 2.70 bits per heavy atom. The Morgan fingerprint density at radius 2 is 1.96 bits per heavy atom. The number of nitriles is 1. The number of rotatable bonds is 3. The molecule has 0 amide bonds. The Labute approximate surface area is 164 Å². The quantitative estimate of drug-likeness (QED) is 0.759. The zero-order valence-corrected chi connectivity index (χ0v) is 15.6. The molecule has 2 N–H and O–H groups in total. The monoisotopic (exact) mass is 424 g/mol. The van der Waals surface area contributed by atoms with Crippen molar-refractivity contribution in [3.8, 4) is 41.4 Å². The number of benzene rings is 2. The van der Waals surface area contributed by atoms with E-state index in [0.29, 0.717) is 23.0 Å². The lowest BCUT2D eigenvalue weighted by atomic mass is 9.83. The largest absolute Gasteiger partial charge is 0.481 e. The molecule has 0 bridgehead atoms. The molecule has 0 saturated carbocycles. The van der Waals surface area contributed by atoms with E-state index in [0.717, 1.165) is 15.6 Å². The summed E-state index contributed by atoms with van der Waals surface area (Å²) in [4.78, 5) is 0. The first-order chi connectivity index (χ1) is 13.1. The molecule has 0 saturated heterocycles. The van der Waals surface area contributed by atoms with Crippen LogP contribution >= 0.6 is 15.9 Å². The van der Waals surface area contributed by atoms with Crippen LogP contribution in [-0.2, 0) is 0 Å². The second-order valence-corrected chi connectivity index (χ2v) is 6.76. The maximum atomic E-state index is 9.74. The molecule has 0 aliphatic carbocycles. The van der Waals surface area contributed by atoms with Crippen molar-refractivity contribution in [2.75, 3.05) is 13.4 Å². The van der Waals surface area contributed by atoms with Gasteiger partial charge in [0.2, 0.25) is 12.7 Å². The van der Waals surface area contributed by atoms with Crippen LogP contribution in [0.4, 0.5) is 0 Å². The lowest BCUT2D eigenvalue weighted by Crippen LogP contribution is -2.21. The van der Waals surface area contributed by atoms with Gasteiger partial charge in [-0.05, 0) is 24.3 Å². The van der Waals surface area contributed by atoms with Crippen molar-refractivity contribution < 1.29 is 18.9 Å². The van der Waals surface area contributed by atoms with Gasteiger partial charge in [-0.1, -0.05) is 21.9 Å². The summed E-state index contributed by atoms with van der Waals surface area (Å²) in [6, 6.07) is 11.2. The second kappa shape index (κ2) is 6.79. The molecule has 0 aromatic heterocycles. The van der Waals surface area contributed by atoms with Crippen molar-refractivity contribution in [1.29, 1.82) is 5.26 Å². The summed E-state index contributed by atoms with van der Waals surface area (Å²) in [5.41, 5.74) is 7.79. The van der Waals surface area contributed by atoms with Gasteiger partial charge in [-0.15, -0.1) is 6.42 Å². The number of hydrogen-bond donors (Lipinski definition) is 1. The van der Waals surface area contributed by atoms with E-state index in [4.69, 9.17) is 31.1 Å². The van der Waals surface area contributed by atoms with Crippen LogP contribution in [0.5, 0.6) is 23.0 Å². The predicted octanol–water partition coefficient (Wildman–Crippen LogP) is 3.41. The summed E-state index contributed by atoms with van der Waals surface area (Å²) in [6.07, 6.45) is 5.33. The van der Waals surface area contributed by atoms with E-state index >= 15 is 0 Å². The van der Waals surface area contributed by atoms with Crippen LogP contribution in [0.2, 0.25) is 0 Å². The summed E-state index contributed by atoms with van der Waals surface area (Å²) >= 11 is 3.48. The standard InChI is InChI=1S/C20H13BrN2O4/c1-2-5-24-15-4-3-11(21)6-12(15)19-13-7-17-18(26-10-25-17)8-16(13)27-20(23)14(19)9-22/h1,3-4,6-8,19H,5,10,23H2/t19-/m0/s1. The van der Waals surface area contributed by atoms with Crippen LogP contribution in [0.1, 0.15) is 17.0 Å². The smallest absolute Gasteiger partial charge is 0.231 e. The molecule has 134 valence electrons. The highest BCUT2D eigenvalue weighted by Gasteiger charge is 2.35. The van der Waals surface area contributed by atoms with Crippen molar-refractivity contribution in [3.05, 3.63) is 57.4 Å². The maximum absolute atomic E-state index is 9.74. The average molecular weight is 425 g/mol. The number of fused-ring (bicyclic) bond motifs is 2. The Balaban J connectivity index is 1.93. The van der Waals surface area contributed by atoms with Crippen molar-refractivity contribution >= 4 is 15.9 Å². The Morgan fingerprint density at radius 1 is 1.19 bits per heavy atom. The molecule has 2 aromatic rings. The van der Waals surface area contributed by atoms with E-state index in [9.17, 15) is 5.26 Å². The van der Waals surface area contributed by atoms with Gasteiger partial charge in [-0.2, -0.15) is 5.26 Å². The molecule has 0 fully saturated rings. The highest BCUT2D eigenvalue weighted by atomic mass is 79.9. The number of terminal acetylenes is 1. The fraction of sp³-hybridized carbons (Fsp3) is 0.150. The summed E-state index contributed by atoms with van der Waals surface area (Å²) in [5.74, 6) is 4.21. The fourth-order valence-electron chi connectivity index (χ4n) is 3.16. The van der Waals surface area contributed by atoms with E-state index < -0.39 is 5.92 Å². The third kappa shape index (κ3) is 2.92. The molecular formula is C20H13BrN2O4. The SMILES string of the molecule is C#CCOc1ccc(Br)cc1[C@@H]1C(C#N)=C(N)Oc2cc3c(cc21)OCO3. The van der Waals surface area contributed by atoms with E-state index in [1.807, 2.05) is 12.1 Å². The lowest BCUT2D eigenvalue weighted by molar-refractivity contribution is 0.174. The molecule has 2 aromatic carbocycles. The molecule has 2 heterocycles. The molecule has 7 heteroatoms. The van der Waals surface area contributed by atoms with E-state index in [1.165, 1.54) is 0 Å². The van der Waals surface area contributed by atoms with Crippen molar-refractivity contribution in [2.45, 2.75) is 5.92 Å². The highest BCUT2D eigenvalue weighted by Crippen LogP contribution is 2.49. The lowest BCUT2D eigenvalue weighted by Gasteiger charge is -2.28. The first-order valence-electron chi connectivity index (χ1n) is 7.99. The molecule has 2 aliphatic rings. The summed E-state index contributed by atoms with van der Waals surface area (Å²) in [6.45, 7) is 0.233. The number of hydrogen-bond acceptors (Lipinski definition) is 6. The van der Waals surface area contributed by atoms with Gasteiger partial charge in [0.05, 0.1) is 5.92 Å². The molecule has 0 spiro atoms. The number of ether oxygens (including phenoxy) is 4. The first-order valence-corrected chi connectivity index (χ1v) is 8.78. The van der Waals surface area contributed by atoms with E-state index in [-0.39, 0.29) is 24.9 Å². The predicted molar refractivity (Wildman–Crippen MR) is 100 cm³/mol. The number of allylic oxidation sites excluding steroid dienone is 1. The Kier molecular flexibility index (Phi) is 4.31. The van der Waals surface area contributed by atoms with Gasteiger partial charge >= 0.3 is 0 Å². The number of nitrogens with two attached hydrogens (primary N) is 1. The molecule has 1 atom stereocenters. The van der Waals surface area contributed by atoms with E-state index in [2.05, 4.69) is 27.9 Å². The molecular weight excluding hydrogens is 412 g/mol. The normalized spacial score (nSPS) is 16.8. The van der Waals surface area contributed by atoms with Gasteiger partial charge in [-0.25, -0.2) is 0 Å². The van der Waals surface area contributed by atoms with Gasteiger partial charge < -0.3 is 24.7 Å². The average Bonchev–Trinajstić information content (AvgIpc) is 3.11. The topological polar surface area (TPSA) is 86.7 Å². The van der Waals surface area contributed by atoms with Crippen molar-refractivity contribution in [2.24, 2.45) is 5.73 Å². The van der Waals surface area contributed by atoms with Gasteiger partial charge in [-0.3, -0.25) is 0 Å². The molecule has 6 nitrogen and oxygen atoms in total. The summed E-state index contributed by atoms with van der Waals surface area (Å²) < 4.78 is 23.1. The second-order valence-electron chi connectivity index (χ2n) is 5.84. The summed E-state index contributed by atoms with van der Waals surface area (Å²) in [7, 11) is 0. The third-order valence-corrected chi connectivity index (χ3v) is 4.80. The van der Waals surface area contributed by atoms with Gasteiger partial charge in [0, 0.05) is 21.7 Å². The van der Waals surface area contributed by atoms with Gasteiger partial charge in [0.1, 0.15) is 29.7 Å². The Bertz CT molecular complexity index is 1050. The molecule has 27 heavy (non-hydrogen) atoms. The molecule has 0 unspecified atom stereocenters. The van der Waals surface area contributed by atoms with Gasteiger partial charge in [0.25, 0.3) is 0 Å². The van der Waals surface area contributed by atoms with Crippen LogP contribution in [0.3, 0.4) is 0 Å². The zero-order chi connectivity index (χ0) is 19.0. The van der Waals surface area contributed by atoms with Gasteiger partial charge in [0.15, 0.2) is 11.5 Å². The number of halogens is 1. The van der Waals surface area contributed by atoms with Crippen LogP contribution in [0, 0.1) is 23.7 Å². The first kappa shape index (κ1) is 17.1. The van der Waals surface area contributed by atoms with Crippen LogP contribution in [0.25, 0.3) is 0 Å². The zero-order valence-electron chi connectivity index (χ0n) is 14.0. The minimum atomic E-state index is -0.501. The van der Waals surface area contributed by atoms with Crippen LogP contribution in [0.15, 0.2) is 46.3 Å². The van der Waals surface area contributed by atoms with Crippen LogP contribution < -0.4 is 24.7 Å². The van der Waals surface area contributed by atoms with Crippen LogP contribution in [-0.4, -0.2) is 13.4 Å². The molecule has 2 aliphatic heterocycles. The Hall–Kier alpha value is -3.29. The van der Waals surface area contributed by atoms with Crippen molar-refractivity contribution in [1.82, 2.24) is 0 Å². The molecule has 4 rings (SSSR count). The highest BCUT2D eigenvalue weighted by molar-refractivity contribution is 9.10. The minimum absolute atomic E-state index is 0.0386.